The Hall–Kier alpha value is -2.89. The van der Waals surface area contributed by atoms with E-state index in [2.05, 4.69) is 10.2 Å². The molecule has 0 bridgehead atoms. The summed E-state index contributed by atoms with van der Waals surface area (Å²) < 4.78 is 13.1. The van der Waals surface area contributed by atoms with Crippen molar-refractivity contribution in [2.24, 2.45) is 0 Å². The number of anilines is 1. The van der Waals surface area contributed by atoms with Gasteiger partial charge in [0.05, 0.1) is 12.5 Å². The standard InChI is InChI=1S/C21H24FN3O2/c1-16(26)23-20(17-5-3-2-4-6-17)15-21(27)25-13-11-24(12-14-25)19-9-7-18(22)8-10-19/h2-10,20H,11-15H2,1H3,(H,23,26). The van der Waals surface area contributed by atoms with Gasteiger partial charge in [0.2, 0.25) is 11.8 Å². The fourth-order valence-corrected chi connectivity index (χ4v) is 3.35. The molecule has 1 atom stereocenters. The number of piperazine rings is 1. The second-order valence-corrected chi connectivity index (χ2v) is 6.71. The molecule has 1 heterocycles. The highest BCUT2D eigenvalue weighted by atomic mass is 19.1. The van der Waals surface area contributed by atoms with Gasteiger partial charge in [0, 0.05) is 38.8 Å². The molecule has 1 fully saturated rings. The van der Waals surface area contributed by atoms with Crippen molar-refractivity contribution in [2.45, 2.75) is 19.4 Å². The monoisotopic (exact) mass is 369 g/mol. The van der Waals surface area contributed by atoms with Crippen LogP contribution in [0.3, 0.4) is 0 Å². The first-order valence-electron chi connectivity index (χ1n) is 9.13. The number of amides is 2. The molecule has 2 aromatic carbocycles. The lowest BCUT2D eigenvalue weighted by Crippen LogP contribution is -2.49. The molecular weight excluding hydrogens is 345 g/mol. The first kappa shape index (κ1) is 18.9. The van der Waals surface area contributed by atoms with E-state index < -0.39 is 0 Å². The van der Waals surface area contributed by atoms with Crippen LogP contribution in [0.1, 0.15) is 24.9 Å². The van der Waals surface area contributed by atoms with Gasteiger partial charge in [0.15, 0.2) is 0 Å². The third-order valence-electron chi connectivity index (χ3n) is 4.78. The smallest absolute Gasteiger partial charge is 0.225 e. The predicted octanol–water partition coefficient (Wildman–Crippen LogP) is 2.74. The number of carbonyl (C=O) groups excluding carboxylic acids is 2. The molecule has 3 rings (SSSR count). The second kappa shape index (κ2) is 8.66. The Morgan fingerprint density at radius 2 is 1.63 bits per heavy atom. The Labute approximate surface area is 158 Å². The molecule has 1 unspecified atom stereocenters. The van der Waals surface area contributed by atoms with E-state index in [-0.39, 0.29) is 30.1 Å². The van der Waals surface area contributed by atoms with Gasteiger partial charge in [-0.2, -0.15) is 0 Å². The van der Waals surface area contributed by atoms with Crippen molar-refractivity contribution in [1.29, 1.82) is 0 Å². The SMILES string of the molecule is CC(=O)NC(CC(=O)N1CCN(c2ccc(F)cc2)CC1)c1ccccc1. The Bertz CT molecular complexity index is 772. The fraction of sp³-hybridized carbons (Fsp3) is 0.333. The lowest BCUT2D eigenvalue weighted by molar-refractivity contribution is -0.132. The van der Waals surface area contributed by atoms with Crippen LogP contribution < -0.4 is 10.2 Å². The molecule has 6 heteroatoms. The molecule has 27 heavy (non-hydrogen) atoms. The van der Waals surface area contributed by atoms with Gasteiger partial charge in [-0.15, -0.1) is 0 Å². The van der Waals surface area contributed by atoms with Crippen molar-refractivity contribution in [3.63, 3.8) is 0 Å². The molecule has 2 aromatic rings. The van der Waals surface area contributed by atoms with Crippen LogP contribution in [-0.2, 0) is 9.59 Å². The summed E-state index contributed by atoms with van der Waals surface area (Å²) in [4.78, 5) is 28.3. The normalized spacial score (nSPS) is 15.3. The number of rotatable bonds is 5. The zero-order chi connectivity index (χ0) is 19.2. The highest BCUT2D eigenvalue weighted by Crippen LogP contribution is 2.20. The number of halogens is 1. The third-order valence-corrected chi connectivity index (χ3v) is 4.78. The van der Waals surface area contributed by atoms with Gasteiger partial charge < -0.3 is 15.1 Å². The molecule has 0 spiro atoms. The summed E-state index contributed by atoms with van der Waals surface area (Å²) in [7, 11) is 0. The van der Waals surface area contributed by atoms with Crippen molar-refractivity contribution in [2.75, 3.05) is 31.1 Å². The van der Waals surface area contributed by atoms with Gasteiger partial charge in [-0.05, 0) is 29.8 Å². The van der Waals surface area contributed by atoms with Gasteiger partial charge in [-0.1, -0.05) is 30.3 Å². The van der Waals surface area contributed by atoms with E-state index in [0.717, 1.165) is 11.3 Å². The summed E-state index contributed by atoms with van der Waals surface area (Å²) in [5.41, 5.74) is 1.88. The van der Waals surface area contributed by atoms with Crippen LogP contribution in [0.15, 0.2) is 54.6 Å². The van der Waals surface area contributed by atoms with Gasteiger partial charge in [-0.25, -0.2) is 4.39 Å². The Morgan fingerprint density at radius 3 is 2.22 bits per heavy atom. The van der Waals surface area contributed by atoms with E-state index in [1.165, 1.54) is 19.1 Å². The molecule has 1 N–H and O–H groups in total. The minimum Gasteiger partial charge on any atom is -0.368 e. The topological polar surface area (TPSA) is 52.7 Å². The fourth-order valence-electron chi connectivity index (χ4n) is 3.35. The molecule has 5 nitrogen and oxygen atoms in total. The first-order chi connectivity index (χ1) is 13.0. The number of nitrogens with zero attached hydrogens (tertiary/aromatic N) is 2. The molecule has 0 aromatic heterocycles. The van der Waals surface area contributed by atoms with E-state index in [4.69, 9.17) is 0 Å². The third kappa shape index (κ3) is 5.06. The minimum atomic E-state index is -0.327. The van der Waals surface area contributed by atoms with Crippen molar-refractivity contribution in [1.82, 2.24) is 10.2 Å². The molecule has 2 amide bonds. The molecular formula is C21H24FN3O2. The summed E-state index contributed by atoms with van der Waals surface area (Å²) in [6.45, 7) is 4.08. The average Bonchev–Trinajstić information content (AvgIpc) is 2.68. The molecule has 0 aliphatic carbocycles. The van der Waals surface area contributed by atoms with Crippen LogP contribution in [-0.4, -0.2) is 42.9 Å². The predicted molar refractivity (Wildman–Crippen MR) is 103 cm³/mol. The van der Waals surface area contributed by atoms with Crippen LogP contribution in [0.4, 0.5) is 10.1 Å². The Morgan fingerprint density at radius 1 is 1.00 bits per heavy atom. The quantitative estimate of drug-likeness (QED) is 0.882. The Kier molecular flexibility index (Phi) is 6.06. The maximum absolute atomic E-state index is 13.1. The maximum Gasteiger partial charge on any atom is 0.225 e. The van der Waals surface area contributed by atoms with E-state index in [1.54, 1.807) is 12.1 Å². The molecule has 0 radical (unpaired) electrons. The van der Waals surface area contributed by atoms with Crippen molar-refractivity contribution in [3.05, 3.63) is 66.0 Å². The summed E-state index contributed by atoms with van der Waals surface area (Å²) >= 11 is 0. The number of carbonyl (C=O) groups is 2. The second-order valence-electron chi connectivity index (χ2n) is 6.71. The lowest BCUT2D eigenvalue weighted by atomic mass is 10.0. The van der Waals surface area contributed by atoms with E-state index >= 15 is 0 Å². The molecule has 1 saturated heterocycles. The number of hydrogen-bond acceptors (Lipinski definition) is 3. The van der Waals surface area contributed by atoms with E-state index in [0.29, 0.717) is 26.2 Å². The Balaban J connectivity index is 1.59. The van der Waals surface area contributed by atoms with Crippen LogP contribution in [0.25, 0.3) is 0 Å². The first-order valence-corrected chi connectivity index (χ1v) is 9.13. The average molecular weight is 369 g/mol. The van der Waals surface area contributed by atoms with Crippen molar-refractivity contribution in [3.8, 4) is 0 Å². The van der Waals surface area contributed by atoms with Crippen molar-refractivity contribution >= 4 is 17.5 Å². The van der Waals surface area contributed by atoms with Crippen LogP contribution in [0, 0.1) is 5.82 Å². The number of hydrogen-bond donors (Lipinski definition) is 1. The zero-order valence-corrected chi connectivity index (χ0v) is 15.4. The summed E-state index contributed by atoms with van der Waals surface area (Å²) in [6.07, 6.45) is 0.236. The lowest BCUT2D eigenvalue weighted by Gasteiger charge is -2.36. The molecule has 1 aliphatic rings. The highest BCUT2D eigenvalue weighted by Gasteiger charge is 2.25. The van der Waals surface area contributed by atoms with Crippen LogP contribution in [0.5, 0.6) is 0 Å². The molecule has 1 aliphatic heterocycles. The van der Waals surface area contributed by atoms with Crippen LogP contribution >= 0.6 is 0 Å². The number of nitrogens with one attached hydrogen (secondary N) is 1. The molecule has 142 valence electrons. The highest BCUT2D eigenvalue weighted by molar-refractivity contribution is 5.79. The summed E-state index contributed by atoms with van der Waals surface area (Å²) in [6, 6.07) is 15.6. The summed E-state index contributed by atoms with van der Waals surface area (Å²) in [5, 5.41) is 2.87. The minimum absolute atomic E-state index is 0.0244. The van der Waals surface area contributed by atoms with Crippen molar-refractivity contribution < 1.29 is 14.0 Å². The van der Waals surface area contributed by atoms with E-state index in [9.17, 15) is 14.0 Å². The zero-order valence-electron chi connectivity index (χ0n) is 15.4. The van der Waals surface area contributed by atoms with Gasteiger partial charge in [-0.3, -0.25) is 9.59 Å². The van der Waals surface area contributed by atoms with Gasteiger partial charge in [0.25, 0.3) is 0 Å². The largest absolute Gasteiger partial charge is 0.368 e. The number of benzene rings is 2. The van der Waals surface area contributed by atoms with Gasteiger partial charge in [0.1, 0.15) is 5.82 Å². The summed E-state index contributed by atoms with van der Waals surface area (Å²) in [5.74, 6) is -0.383. The molecule has 0 saturated carbocycles. The van der Waals surface area contributed by atoms with Crippen LogP contribution in [0.2, 0.25) is 0 Å². The van der Waals surface area contributed by atoms with E-state index in [1.807, 2.05) is 35.2 Å². The van der Waals surface area contributed by atoms with Gasteiger partial charge >= 0.3 is 0 Å². The maximum atomic E-state index is 13.1.